The van der Waals surface area contributed by atoms with Gasteiger partial charge < -0.3 is 0 Å². The number of allylic oxidation sites excluding steroid dienone is 2. The summed E-state index contributed by atoms with van der Waals surface area (Å²) in [7, 11) is 0. The zero-order valence-corrected chi connectivity index (χ0v) is 12.3. The topological polar surface area (TPSA) is 0 Å². The first kappa shape index (κ1) is 14.3. The molecule has 0 amide bonds. The average Bonchev–Trinajstić information content (AvgIpc) is 2.46. The minimum atomic E-state index is 0.398. The third kappa shape index (κ3) is 3.96. The first-order valence-corrected chi connectivity index (χ1v) is 7.11. The maximum atomic E-state index is 3.88. The highest BCUT2D eigenvalue weighted by molar-refractivity contribution is 5.51. The Morgan fingerprint density at radius 3 is 2.00 bits per heavy atom. The Hall–Kier alpha value is -2.08. The molecule has 20 heavy (non-hydrogen) atoms. The van der Waals surface area contributed by atoms with Gasteiger partial charge in [0.25, 0.3) is 0 Å². The van der Waals surface area contributed by atoms with Gasteiger partial charge in [-0.15, -0.1) is 6.58 Å². The van der Waals surface area contributed by atoms with Crippen molar-refractivity contribution in [2.75, 3.05) is 0 Å². The van der Waals surface area contributed by atoms with Gasteiger partial charge in [-0.25, -0.2) is 0 Å². The molecule has 0 saturated heterocycles. The van der Waals surface area contributed by atoms with Crippen LogP contribution in [0.2, 0.25) is 0 Å². The molecule has 0 heteroatoms. The van der Waals surface area contributed by atoms with E-state index in [-0.39, 0.29) is 0 Å². The maximum absolute atomic E-state index is 3.88. The monoisotopic (exact) mass is 262 g/mol. The van der Waals surface area contributed by atoms with Gasteiger partial charge in [0.15, 0.2) is 0 Å². The van der Waals surface area contributed by atoms with Crippen LogP contribution in [-0.2, 0) is 0 Å². The van der Waals surface area contributed by atoms with Crippen molar-refractivity contribution in [2.24, 2.45) is 0 Å². The Labute approximate surface area is 122 Å². The molecule has 0 bridgehead atoms. The van der Waals surface area contributed by atoms with E-state index in [4.69, 9.17) is 0 Å². The van der Waals surface area contributed by atoms with Crippen molar-refractivity contribution in [3.8, 4) is 0 Å². The van der Waals surface area contributed by atoms with Crippen LogP contribution in [0.4, 0.5) is 0 Å². The fourth-order valence-electron chi connectivity index (χ4n) is 2.22. The summed E-state index contributed by atoms with van der Waals surface area (Å²) in [5.41, 5.74) is 5.19. The van der Waals surface area contributed by atoms with Gasteiger partial charge in [-0.05, 0) is 31.4 Å². The molecule has 2 rings (SSSR count). The smallest absolute Gasteiger partial charge is 0.00557 e. The Kier molecular flexibility index (Phi) is 4.95. The summed E-state index contributed by atoms with van der Waals surface area (Å²) in [5, 5.41) is 0. The summed E-state index contributed by atoms with van der Waals surface area (Å²) in [4.78, 5) is 0. The van der Waals surface area contributed by atoms with Gasteiger partial charge in [-0.1, -0.05) is 77.9 Å². The highest BCUT2D eigenvalue weighted by Gasteiger charge is 2.05. The molecule has 102 valence electrons. The van der Waals surface area contributed by atoms with Crippen molar-refractivity contribution in [3.63, 3.8) is 0 Å². The number of benzene rings is 2. The lowest BCUT2D eigenvalue weighted by molar-refractivity contribution is 0.868. The minimum absolute atomic E-state index is 0.398. The molecule has 0 aromatic heterocycles. The third-order valence-electron chi connectivity index (χ3n) is 3.52. The fraction of sp³-hybridized carbons (Fsp3) is 0.200. The Balaban J connectivity index is 2.18. The molecule has 0 aliphatic carbocycles. The SMILES string of the molecule is C=CCC(/C=C/c1ccc(C)cc1)c1ccc(C)cc1. The van der Waals surface area contributed by atoms with E-state index in [1.807, 2.05) is 6.08 Å². The van der Waals surface area contributed by atoms with Crippen LogP contribution in [0, 0.1) is 13.8 Å². The zero-order valence-electron chi connectivity index (χ0n) is 12.3. The molecule has 2 aromatic rings. The molecular formula is C20H22. The zero-order chi connectivity index (χ0) is 14.4. The average molecular weight is 262 g/mol. The summed E-state index contributed by atoms with van der Waals surface area (Å²) in [6.45, 7) is 8.11. The second-order valence-electron chi connectivity index (χ2n) is 5.31. The minimum Gasteiger partial charge on any atom is -0.103 e. The summed E-state index contributed by atoms with van der Waals surface area (Å²) < 4.78 is 0. The summed E-state index contributed by atoms with van der Waals surface area (Å²) in [6, 6.07) is 17.4. The summed E-state index contributed by atoms with van der Waals surface area (Å²) in [6.07, 6.45) is 7.43. The molecule has 1 atom stereocenters. The number of rotatable bonds is 5. The second-order valence-corrected chi connectivity index (χ2v) is 5.31. The Morgan fingerprint density at radius 1 is 0.900 bits per heavy atom. The van der Waals surface area contributed by atoms with E-state index in [0.717, 1.165) is 6.42 Å². The highest BCUT2D eigenvalue weighted by Crippen LogP contribution is 2.23. The molecule has 0 aliphatic rings. The van der Waals surface area contributed by atoms with Crippen LogP contribution in [0.1, 0.15) is 34.6 Å². The van der Waals surface area contributed by atoms with E-state index in [1.165, 1.54) is 22.3 Å². The Morgan fingerprint density at radius 2 is 1.45 bits per heavy atom. The summed E-state index contributed by atoms with van der Waals surface area (Å²) >= 11 is 0. The molecule has 0 radical (unpaired) electrons. The molecule has 2 aromatic carbocycles. The van der Waals surface area contributed by atoms with Crippen LogP contribution < -0.4 is 0 Å². The second kappa shape index (κ2) is 6.91. The Bertz CT molecular complexity index is 570. The normalized spacial score (nSPS) is 12.5. The molecule has 0 saturated carbocycles. The van der Waals surface area contributed by atoms with Gasteiger partial charge in [0.05, 0.1) is 0 Å². The standard InChI is InChI=1S/C20H22/c1-4-5-19(20-13-8-17(3)9-14-20)15-12-18-10-6-16(2)7-11-18/h4,6-15,19H,1,5H2,2-3H3/b15-12+. The van der Waals surface area contributed by atoms with E-state index in [9.17, 15) is 0 Å². The van der Waals surface area contributed by atoms with Crippen molar-refractivity contribution in [1.82, 2.24) is 0 Å². The predicted octanol–water partition coefficient (Wildman–Crippen LogP) is 5.68. The number of hydrogen-bond acceptors (Lipinski definition) is 0. The first-order chi connectivity index (χ1) is 9.69. The van der Waals surface area contributed by atoms with Gasteiger partial charge in [-0.3, -0.25) is 0 Å². The highest BCUT2D eigenvalue weighted by atomic mass is 14.1. The van der Waals surface area contributed by atoms with Crippen LogP contribution >= 0.6 is 0 Å². The molecule has 0 N–H and O–H groups in total. The molecule has 1 unspecified atom stereocenters. The van der Waals surface area contributed by atoms with Crippen molar-refractivity contribution < 1.29 is 0 Å². The van der Waals surface area contributed by atoms with Crippen molar-refractivity contribution >= 4 is 6.08 Å². The molecule has 0 spiro atoms. The van der Waals surface area contributed by atoms with Crippen LogP contribution in [0.5, 0.6) is 0 Å². The molecule has 0 fully saturated rings. The van der Waals surface area contributed by atoms with E-state index in [2.05, 4.69) is 81.1 Å². The molecule has 0 heterocycles. The lowest BCUT2D eigenvalue weighted by Gasteiger charge is -2.11. The predicted molar refractivity (Wildman–Crippen MR) is 88.9 cm³/mol. The number of aryl methyl sites for hydroxylation is 2. The van der Waals surface area contributed by atoms with E-state index in [1.54, 1.807) is 0 Å². The quantitative estimate of drug-likeness (QED) is 0.608. The van der Waals surface area contributed by atoms with E-state index in [0.29, 0.717) is 5.92 Å². The van der Waals surface area contributed by atoms with E-state index >= 15 is 0 Å². The number of hydrogen-bond donors (Lipinski definition) is 0. The van der Waals surface area contributed by atoms with Gasteiger partial charge in [0.1, 0.15) is 0 Å². The van der Waals surface area contributed by atoms with Crippen LogP contribution in [0.15, 0.2) is 67.3 Å². The summed E-state index contributed by atoms with van der Waals surface area (Å²) in [5.74, 6) is 0.398. The molecule has 0 nitrogen and oxygen atoms in total. The van der Waals surface area contributed by atoms with Crippen LogP contribution in [0.25, 0.3) is 6.08 Å². The first-order valence-electron chi connectivity index (χ1n) is 7.11. The van der Waals surface area contributed by atoms with Gasteiger partial charge in [0.2, 0.25) is 0 Å². The fourth-order valence-corrected chi connectivity index (χ4v) is 2.22. The maximum Gasteiger partial charge on any atom is 0.00557 e. The van der Waals surface area contributed by atoms with E-state index < -0.39 is 0 Å². The van der Waals surface area contributed by atoms with Crippen LogP contribution in [0.3, 0.4) is 0 Å². The lowest BCUT2D eigenvalue weighted by atomic mass is 9.94. The van der Waals surface area contributed by atoms with Gasteiger partial charge >= 0.3 is 0 Å². The van der Waals surface area contributed by atoms with Crippen molar-refractivity contribution in [1.29, 1.82) is 0 Å². The van der Waals surface area contributed by atoms with Crippen LogP contribution in [-0.4, -0.2) is 0 Å². The van der Waals surface area contributed by atoms with Gasteiger partial charge in [-0.2, -0.15) is 0 Å². The lowest BCUT2D eigenvalue weighted by Crippen LogP contribution is -1.93. The third-order valence-corrected chi connectivity index (χ3v) is 3.52. The molecular weight excluding hydrogens is 240 g/mol. The molecule has 0 aliphatic heterocycles. The van der Waals surface area contributed by atoms with Gasteiger partial charge in [0, 0.05) is 5.92 Å². The van der Waals surface area contributed by atoms with Crippen molar-refractivity contribution in [2.45, 2.75) is 26.2 Å². The van der Waals surface area contributed by atoms with Crippen molar-refractivity contribution in [3.05, 3.63) is 89.5 Å². The largest absolute Gasteiger partial charge is 0.103 e.